The van der Waals surface area contributed by atoms with Crippen molar-refractivity contribution in [3.63, 3.8) is 0 Å². The molecule has 1 aliphatic heterocycles. The van der Waals surface area contributed by atoms with Gasteiger partial charge in [0, 0.05) is 10.6 Å². The van der Waals surface area contributed by atoms with Crippen LogP contribution >= 0.6 is 8.18 Å². The van der Waals surface area contributed by atoms with E-state index in [4.69, 9.17) is 24.5 Å². The number of anilines is 1. The molecule has 3 aromatic rings. The summed E-state index contributed by atoms with van der Waals surface area (Å²) in [5, 5.41) is 38.4. The molecule has 0 spiro atoms. The van der Waals surface area contributed by atoms with E-state index in [-0.39, 0.29) is 35.5 Å². The van der Waals surface area contributed by atoms with Crippen molar-refractivity contribution in [2.75, 3.05) is 18.9 Å². The number of nitrogens with one attached hydrogen (secondary N) is 1. The van der Waals surface area contributed by atoms with Crippen molar-refractivity contribution in [3.05, 3.63) is 48.4 Å². The van der Waals surface area contributed by atoms with Gasteiger partial charge in [-0.2, -0.15) is 10.4 Å². The lowest BCUT2D eigenvalue weighted by Gasteiger charge is -2.24. The summed E-state index contributed by atoms with van der Waals surface area (Å²) < 4.78 is 36.2. The molecule has 14 nitrogen and oxygen atoms in total. The van der Waals surface area contributed by atoms with Gasteiger partial charge in [0.25, 0.3) is 0 Å². The largest absolute Gasteiger partial charge is 0.664 e. The van der Waals surface area contributed by atoms with Crippen LogP contribution in [0.5, 0.6) is 11.5 Å². The number of carbonyl (C=O) groups is 1. The van der Waals surface area contributed by atoms with Crippen LogP contribution < -0.4 is 20.1 Å². The number of carbonyl (C=O) groups excluding carboxylic acids is 1. The predicted octanol–water partition coefficient (Wildman–Crippen LogP) is 2.22. The average Bonchev–Trinajstić information content (AvgIpc) is 3.53. The van der Waals surface area contributed by atoms with Gasteiger partial charge < -0.3 is 30.2 Å². The molecule has 1 saturated heterocycles. The molecule has 1 aliphatic rings. The van der Waals surface area contributed by atoms with Gasteiger partial charge in [-0.1, -0.05) is 37.8 Å². The second-order valence-corrected chi connectivity index (χ2v) is 10.9. The fraction of sp³-hybridized carbons (Fsp3) is 0.481. The van der Waals surface area contributed by atoms with Crippen molar-refractivity contribution in [2.24, 2.45) is 5.92 Å². The van der Waals surface area contributed by atoms with Crippen LogP contribution in [0.4, 0.5) is 5.82 Å². The number of aliphatic hydroxyl groups excluding tert-OH is 2. The lowest BCUT2D eigenvalue weighted by atomic mass is 9.92. The van der Waals surface area contributed by atoms with E-state index in [9.17, 15) is 24.8 Å². The summed E-state index contributed by atoms with van der Waals surface area (Å²) >= 11 is 0. The molecular weight excluding hydrogens is 567 g/mol. The molecule has 0 aliphatic carbocycles. The number of rotatable bonds is 13. The Hall–Kier alpha value is -3.86. The number of nitrogens with zero attached hydrogens (tertiary/aromatic N) is 4. The summed E-state index contributed by atoms with van der Waals surface area (Å²) in [4.78, 5) is 16.1. The highest BCUT2D eigenvalue weighted by atomic mass is 31.1. The van der Waals surface area contributed by atoms with Gasteiger partial charge in [0.15, 0.2) is 11.6 Å². The minimum Gasteiger partial charge on any atom is -0.491 e. The quantitative estimate of drug-likeness (QED) is 0.164. The van der Waals surface area contributed by atoms with E-state index >= 15 is 0 Å². The molecule has 4 rings (SSSR count). The Morgan fingerprint density at radius 3 is 2.74 bits per heavy atom. The van der Waals surface area contributed by atoms with Crippen molar-refractivity contribution >= 4 is 25.5 Å². The zero-order valence-electron chi connectivity index (χ0n) is 23.4. The van der Waals surface area contributed by atoms with Crippen LogP contribution in [0.3, 0.4) is 0 Å². The Labute approximate surface area is 243 Å². The third kappa shape index (κ3) is 6.46. The second-order valence-electron chi connectivity index (χ2n) is 9.90. The first-order chi connectivity index (χ1) is 20.1. The van der Waals surface area contributed by atoms with E-state index in [0.29, 0.717) is 12.1 Å². The highest BCUT2D eigenvalue weighted by Crippen LogP contribution is 2.40. The topological polar surface area (TPSA) is 204 Å². The second kappa shape index (κ2) is 13.4. The minimum absolute atomic E-state index is 0.169. The van der Waals surface area contributed by atoms with E-state index in [1.165, 1.54) is 29.9 Å². The maximum absolute atomic E-state index is 12.5. The number of nitrogens with two attached hydrogens (primary N) is 1. The summed E-state index contributed by atoms with van der Waals surface area (Å²) in [7, 11) is -2.47. The van der Waals surface area contributed by atoms with E-state index < -0.39 is 44.1 Å². The Morgan fingerprint density at radius 1 is 1.29 bits per heavy atom. The number of fused-ring (bicyclic) bond motifs is 1. The number of esters is 1. The molecule has 0 bridgehead atoms. The highest BCUT2D eigenvalue weighted by Gasteiger charge is 2.57. The van der Waals surface area contributed by atoms with E-state index in [1.54, 1.807) is 24.3 Å². The van der Waals surface area contributed by atoms with Crippen molar-refractivity contribution in [3.8, 4) is 17.6 Å². The van der Waals surface area contributed by atoms with Crippen LogP contribution in [0, 0.1) is 17.2 Å². The molecule has 0 radical (unpaired) electrons. The molecule has 15 heteroatoms. The predicted molar refractivity (Wildman–Crippen MR) is 149 cm³/mol. The van der Waals surface area contributed by atoms with Gasteiger partial charge in [0.2, 0.25) is 5.60 Å². The first-order valence-electron chi connectivity index (χ1n) is 13.5. The molecule has 6 atom stereocenters. The monoisotopic (exact) mass is 601 g/mol. The molecule has 42 heavy (non-hydrogen) atoms. The van der Waals surface area contributed by atoms with Crippen LogP contribution in [0.25, 0.3) is 5.52 Å². The number of hydrogen-bond donors (Lipinski definition) is 4. The van der Waals surface area contributed by atoms with Crippen LogP contribution in [0.1, 0.15) is 39.3 Å². The summed E-state index contributed by atoms with van der Waals surface area (Å²) in [6, 6.07) is 10.4. The normalized spacial score (nSPS) is 23.0. The molecule has 1 aromatic carbocycles. The van der Waals surface area contributed by atoms with E-state index in [2.05, 4.69) is 15.2 Å². The molecule has 3 heterocycles. The molecule has 224 valence electrons. The zero-order chi connectivity index (χ0) is 30.4. The Morgan fingerprint density at radius 2 is 2.02 bits per heavy atom. The van der Waals surface area contributed by atoms with Crippen molar-refractivity contribution in [2.45, 2.75) is 63.6 Å². The van der Waals surface area contributed by atoms with Crippen LogP contribution in [-0.4, -0.2) is 68.3 Å². The molecule has 0 saturated carbocycles. The van der Waals surface area contributed by atoms with E-state index in [1.807, 2.05) is 19.9 Å². The highest BCUT2D eigenvalue weighted by molar-refractivity contribution is 7.37. The average molecular weight is 602 g/mol. The van der Waals surface area contributed by atoms with Gasteiger partial charge in [0.1, 0.15) is 54.6 Å². The fourth-order valence-corrected chi connectivity index (χ4v) is 5.31. The number of aliphatic hydroxyl groups is 2. The van der Waals surface area contributed by atoms with Crippen molar-refractivity contribution in [1.82, 2.24) is 19.7 Å². The third-order valence-corrected chi connectivity index (χ3v) is 8.14. The summed E-state index contributed by atoms with van der Waals surface area (Å²) in [6.45, 7) is 5.64. The summed E-state index contributed by atoms with van der Waals surface area (Å²) in [6.07, 6.45) is -1.21. The Bertz CT molecular complexity index is 1460. The van der Waals surface area contributed by atoms with Gasteiger partial charge in [-0.3, -0.25) is 4.79 Å². The van der Waals surface area contributed by atoms with Gasteiger partial charge in [0.05, 0.1) is 12.3 Å². The first-order valence-corrected chi connectivity index (χ1v) is 14.7. The number of nitrogen functional groups attached to an aromatic ring is 1. The van der Waals surface area contributed by atoms with E-state index in [0.717, 1.165) is 12.8 Å². The summed E-state index contributed by atoms with van der Waals surface area (Å²) in [5.74, 6) is 0.382. The number of ether oxygens (including phenoxy) is 3. The lowest BCUT2D eigenvalue weighted by Crippen LogP contribution is -2.41. The van der Waals surface area contributed by atoms with Crippen LogP contribution in [-0.2, 0) is 24.4 Å². The standard InChI is InChI=1S/C27H34N6O8P/c1-4-17(5-2)12-39-26(36)16(3)32-42(37)41-19-8-6-7-18(11-19)38-13-21-23(34)24(35)27(14-28,40-21)22-10-9-20-25(29)30-15-31-33(20)22/h6-11,15-17,21,23-24,34-35H,4-5,12-13H2,1-3H3,(H,32,37)(H2,29,30,31)/q+1/t16-,21+,23+,24+,27-/m0/s1. The lowest BCUT2D eigenvalue weighted by molar-refractivity contribution is -0.146. The molecule has 2 aromatic heterocycles. The van der Waals surface area contributed by atoms with Crippen LogP contribution in [0.2, 0.25) is 0 Å². The van der Waals surface area contributed by atoms with Gasteiger partial charge >= 0.3 is 14.1 Å². The molecule has 5 N–H and O–H groups in total. The molecule has 0 amide bonds. The zero-order valence-corrected chi connectivity index (χ0v) is 24.3. The third-order valence-electron chi connectivity index (χ3n) is 7.16. The SMILES string of the molecule is CCC(CC)COC(=O)[C@H](C)N[P+](=O)Oc1cccc(OC[C@H]2O[C@@](C#N)(c3ccc4c(N)ncnn34)[C@H](O)[C@@H]2O)c1. The number of aromatic nitrogens is 3. The fourth-order valence-electron chi connectivity index (χ4n) is 4.53. The molecule has 1 unspecified atom stereocenters. The minimum atomic E-state index is -2.47. The maximum Gasteiger partial charge on any atom is 0.664 e. The van der Waals surface area contributed by atoms with Crippen molar-refractivity contribution < 1.29 is 38.3 Å². The smallest absolute Gasteiger partial charge is 0.491 e. The van der Waals surface area contributed by atoms with Crippen LogP contribution in [0.15, 0.2) is 42.7 Å². The maximum atomic E-state index is 12.5. The molecule has 1 fully saturated rings. The van der Waals surface area contributed by atoms with Gasteiger partial charge in [-0.25, -0.2) is 14.0 Å². The Kier molecular flexibility index (Phi) is 9.93. The van der Waals surface area contributed by atoms with Gasteiger partial charge in [-0.05, 0) is 37.1 Å². The van der Waals surface area contributed by atoms with Crippen molar-refractivity contribution in [1.29, 1.82) is 5.26 Å². The molecular formula is C27H34N6O8P+. The number of hydrogen-bond acceptors (Lipinski definition) is 12. The summed E-state index contributed by atoms with van der Waals surface area (Å²) in [5.41, 5.74) is 4.50. The number of nitriles is 1. The van der Waals surface area contributed by atoms with Gasteiger partial charge in [-0.15, -0.1) is 0 Å². The number of benzene rings is 1. The first kappa shape index (κ1) is 31.1. The Balaban J connectivity index is 1.36.